The number of allylic oxidation sites excluding steroid dienone is 1. The molecule has 30 heavy (non-hydrogen) atoms. The summed E-state index contributed by atoms with van der Waals surface area (Å²) in [7, 11) is 0. The first-order valence-electron chi connectivity index (χ1n) is 10.5. The second-order valence-corrected chi connectivity index (χ2v) is 8.80. The van der Waals surface area contributed by atoms with Gasteiger partial charge in [-0.2, -0.15) is 0 Å². The highest BCUT2D eigenvalue weighted by atomic mass is 32.1. The van der Waals surface area contributed by atoms with Gasteiger partial charge in [0, 0.05) is 70.8 Å². The summed E-state index contributed by atoms with van der Waals surface area (Å²) < 4.78 is 1.09. The highest BCUT2D eigenvalue weighted by Crippen LogP contribution is 2.35. The molecule has 7 nitrogen and oxygen atoms in total. The number of aliphatic hydroxyl groups is 1. The Bertz CT molecular complexity index is 913. The van der Waals surface area contributed by atoms with Crippen LogP contribution in [0.3, 0.4) is 0 Å². The Kier molecular flexibility index (Phi) is 6.89. The molecule has 0 amide bonds. The van der Waals surface area contributed by atoms with E-state index in [1.807, 2.05) is 23.7 Å². The number of carbonyl (C=O) groups excluding carboxylic acids is 2. The lowest BCUT2D eigenvalue weighted by molar-refractivity contribution is -0.124. The number of hydrogen-bond donors (Lipinski definition) is 2. The number of nitrogens with zero attached hydrogens (tertiary/aromatic N) is 3. The number of para-hydroxylation sites is 1. The number of β-amino-alcohol motifs (C(OH)–C–C–N with tert-alkyl or cyclic N) is 1. The summed E-state index contributed by atoms with van der Waals surface area (Å²) in [6.07, 6.45) is 2.32. The molecule has 2 N–H and O–H groups in total. The summed E-state index contributed by atoms with van der Waals surface area (Å²) in [5, 5.41) is 12.2. The molecule has 2 fully saturated rings. The minimum atomic E-state index is -0.0943. The lowest BCUT2D eigenvalue weighted by atomic mass is 9.80. The van der Waals surface area contributed by atoms with E-state index in [4.69, 9.17) is 5.11 Å². The van der Waals surface area contributed by atoms with Crippen molar-refractivity contribution in [3.8, 4) is 0 Å². The zero-order chi connectivity index (χ0) is 20.9. The van der Waals surface area contributed by atoms with Crippen LogP contribution in [-0.2, 0) is 9.59 Å². The third kappa shape index (κ3) is 4.78. The number of nitrogens with one attached hydrogen (secondary N) is 1. The largest absolute Gasteiger partial charge is 0.395 e. The van der Waals surface area contributed by atoms with E-state index >= 15 is 0 Å². The zero-order valence-electron chi connectivity index (χ0n) is 17.0. The molecule has 160 valence electrons. The third-order valence-corrected chi connectivity index (χ3v) is 6.79. The van der Waals surface area contributed by atoms with Crippen molar-refractivity contribution in [3.05, 3.63) is 41.0 Å². The topological polar surface area (TPSA) is 85.8 Å². The Labute approximate surface area is 180 Å². The van der Waals surface area contributed by atoms with Gasteiger partial charge in [0.15, 0.2) is 11.6 Å². The van der Waals surface area contributed by atoms with E-state index in [1.165, 1.54) is 0 Å². The number of rotatable bonds is 7. The molecule has 0 radical (unpaired) electrons. The maximum absolute atomic E-state index is 12.7. The maximum Gasteiger partial charge on any atom is 0.168 e. The first-order valence-corrected chi connectivity index (χ1v) is 11.4. The minimum absolute atomic E-state index is 0.0893. The molecule has 1 aliphatic carbocycles. The van der Waals surface area contributed by atoms with Crippen LogP contribution in [0, 0.1) is 0 Å². The Morgan fingerprint density at radius 2 is 1.80 bits per heavy atom. The molecule has 1 saturated heterocycles. The van der Waals surface area contributed by atoms with E-state index in [0.29, 0.717) is 25.0 Å². The fourth-order valence-corrected chi connectivity index (χ4v) is 5.00. The van der Waals surface area contributed by atoms with Crippen LogP contribution in [0.25, 0.3) is 10.2 Å². The SMILES string of the molecule is O=C1CC(c2cccc3scnc23)CC(=O)C1=CNCCN1CCN(CCO)CC1. The first kappa shape index (κ1) is 21.1. The van der Waals surface area contributed by atoms with E-state index in [9.17, 15) is 9.59 Å². The highest BCUT2D eigenvalue weighted by Gasteiger charge is 2.32. The van der Waals surface area contributed by atoms with Crippen molar-refractivity contribution in [1.29, 1.82) is 0 Å². The summed E-state index contributed by atoms with van der Waals surface area (Å²) >= 11 is 1.58. The number of piperazine rings is 1. The molecule has 1 aliphatic heterocycles. The van der Waals surface area contributed by atoms with Crippen molar-refractivity contribution in [2.24, 2.45) is 0 Å². The Morgan fingerprint density at radius 3 is 2.50 bits per heavy atom. The predicted octanol–water partition coefficient (Wildman–Crippen LogP) is 1.40. The van der Waals surface area contributed by atoms with Crippen LogP contribution in [0.5, 0.6) is 0 Å². The molecule has 0 atom stereocenters. The van der Waals surface area contributed by atoms with Gasteiger partial charge in [-0.05, 0) is 11.6 Å². The van der Waals surface area contributed by atoms with Gasteiger partial charge in [-0.3, -0.25) is 19.4 Å². The third-order valence-electron chi connectivity index (χ3n) is 6.00. The molecular formula is C22H28N4O3S. The van der Waals surface area contributed by atoms with E-state index in [2.05, 4.69) is 20.1 Å². The van der Waals surface area contributed by atoms with E-state index in [1.54, 1.807) is 17.5 Å². The van der Waals surface area contributed by atoms with Crippen LogP contribution in [-0.4, -0.2) is 83.9 Å². The molecule has 0 unspecified atom stereocenters. The fraction of sp³-hybridized carbons (Fsp3) is 0.500. The average Bonchev–Trinajstić information content (AvgIpc) is 3.23. The van der Waals surface area contributed by atoms with Gasteiger partial charge in [0.1, 0.15) is 0 Å². The van der Waals surface area contributed by atoms with Crippen LogP contribution >= 0.6 is 11.3 Å². The van der Waals surface area contributed by atoms with Crippen molar-refractivity contribution in [2.45, 2.75) is 18.8 Å². The second kappa shape index (κ2) is 9.78. The quantitative estimate of drug-likeness (QED) is 0.392. The van der Waals surface area contributed by atoms with Crippen molar-refractivity contribution in [1.82, 2.24) is 20.1 Å². The van der Waals surface area contributed by atoms with Gasteiger partial charge in [0.05, 0.1) is 27.9 Å². The molecule has 2 heterocycles. The van der Waals surface area contributed by atoms with Gasteiger partial charge in [0.2, 0.25) is 0 Å². The number of thiazole rings is 1. The van der Waals surface area contributed by atoms with Gasteiger partial charge >= 0.3 is 0 Å². The normalized spacial score (nSPS) is 21.4. The minimum Gasteiger partial charge on any atom is -0.395 e. The molecule has 1 aromatic carbocycles. The summed E-state index contributed by atoms with van der Waals surface area (Å²) in [6, 6.07) is 5.98. The molecule has 4 rings (SSSR count). The van der Waals surface area contributed by atoms with Crippen molar-refractivity contribution in [2.75, 3.05) is 52.4 Å². The predicted molar refractivity (Wildman–Crippen MR) is 118 cm³/mol. The first-order chi connectivity index (χ1) is 14.7. The van der Waals surface area contributed by atoms with Crippen molar-refractivity contribution >= 4 is 33.1 Å². The molecule has 0 spiro atoms. The van der Waals surface area contributed by atoms with E-state index in [-0.39, 0.29) is 24.1 Å². The van der Waals surface area contributed by atoms with E-state index < -0.39 is 0 Å². The highest BCUT2D eigenvalue weighted by molar-refractivity contribution is 7.16. The lowest BCUT2D eigenvalue weighted by Gasteiger charge is -2.34. The van der Waals surface area contributed by atoms with Crippen LogP contribution in [0.1, 0.15) is 24.3 Å². The molecular weight excluding hydrogens is 400 g/mol. The van der Waals surface area contributed by atoms with Crippen LogP contribution < -0.4 is 5.32 Å². The lowest BCUT2D eigenvalue weighted by Crippen LogP contribution is -2.48. The molecule has 2 aromatic rings. The monoisotopic (exact) mass is 428 g/mol. The van der Waals surface area contributed by atoms with Gasteiger partial charge in [-0.1, -0.05) is 12.1 Å². The second-order valence-electron chi connectivity index (χ2n) is 7.92. The number of aliphatic hydroxyl groups excluding tert-OH is 1. The molecule has 1 aromatic heterocycles. The number of Topliss-reactive ketones (excluding diaryl/α,β-unsaturated/α-hetero) is 2. The van der Waals surface area contributed by atoms with Gasteiger partial charge in [0.25, 0.3) is 0 Å². The van der Waals surface area contributed by atoms with Crippen molar-refractivity contribution in [3.63, 3.8) is 0 Å². The summed E-state index contributed by atoms with van der Waals surface area (Å²) in [4.78, 5) is 34.4. The fourth-order valence-electron chi connectivity index (χ4n) is 4.29. The van der Waals surface area contributed by atoms with Gasteiger partial charge in [-0.25, -0.2) is 4.98 Å². The number of hydrogen-bond acceptors (Lipinski definition) is 8. The van der Waals surface area contributed by atoms with Gasteiger partial charge < -0.3 is 10.4 Å². The number of carbonyl (C=O) groups is 2. The van der Waals surface area contributed by atoms with Gasteiger partial charge in [-0.15, -0.1) is 11.3 Å². The van der Waals surface area contributed by atoms with Crippen LogP contribution in [0.4, 0.5) is 0 Å². The molecule has 2 aliphatic rings. The summed E-state index contributed by atoms with van der Waals surface area (Å²) in [5.74, 6) is -0.273. The summed E-state index contributed by atoms with van der Waals surface area (Å²) in [6.45, 7) is 6.38. The number of fused-ring (bicyclic) bond motifs is 1. The standard InChI is InChI=1S/C22H28N4O3S/c27-11-10-26-8-6-25(7-9-26)5-4-23-14-18-19(28)12-16(13-20(18)29)17-2-1-3-21-22(17)24-15-30-21/h1-3,14-16,23,27H,4-13H2. The molecule has 0 bridgehead atoms. The number of ketones is 2. The van der Waals surface area contributed by atoms with Crippen molar-refractivity contribution < 1.29 is 14.7 Å². The van der Waals surface area contributed by atoms with E-state index in [0.717, 1.165) is 55.0 Å². The smallest absolute Gasteiger partial charge is 0.168 e. The number of benzene rings is 1. The van der Waals surface area contributed by atoms with Crippen LogP contribution in [0.15, 0.2) is 35.5 Å². The zero-order valence-corrected chi connectivity index (χ0v) is 17.9. The Balaban J connectivity index is 1.29. The summed E-state index contributed by atoms with van der Waals surface area (Å²) in [5.41, 5.74) is 4.02. The molecule has 8 heteroatoms. The average molecular weight is 429 g/mol. The Morgan fingerprint density at radius 1 is 1.10 bits per heavy atom. The van der Waals surface area contributed by atoms with Crippen LogP contribution in [0.2, 0.25) is 0 Å². The Hall–Kier alpha value is -2.13. The number of aromatic nitrogens is 1. The maximum atomic E-state index is 12.7. The molecule has 1 saturated carbocycles.